The van der Waals surface area contributed by atoms with Gasteiger partial charge in [0.1, 0.15) is 27.0 Å². The third-order valence-electron chi connectivity index (χ3n) is 2.12. The Bertz CT molecular complexity index is 660. The third-order valence-corrected chi connectivity index (χ3v) is 4.85. The molecule has 0 saturated carbocycles. The molecule has 0 radical (unpaired) electrons. The van der Waals surface area contributed by atoms with E-state index >= 15 is 0 Å². The summed E-state index contributed by atoms with van der Waals surface area (Å²) in [6.07, 6.45) is 3.35. The fraction of sp³-hybridized carbons (Fsp3) is 0.444. The molecule has 0 amide bonds. The first kappa shape index (κ1) is 20.6. The zero-order valence-corrected chi connectivity index (χ0v) is 16.5. The van der Waals surface area contributed by atoms with Crippen molar-refractivity contribution < 1.29 is 72.8 Å². The van der Waals surface area contributed by atoms with Gasteiger partial charge < -0.3 is 9.45 Å². The first-order chi connectivity index (χ1) is 8.63. The van der Waals surface area contributed by atoms with Crippen molar-refractivity contribution in [1.29, 1.82) is 5.26 Å². The van der Waals surface area contributed by atoms with Crippen LogP contribution in [0.5, 0.6) is 0 Å². The second-order valence-electron chi connectivity index (χ2n) is 3.72. The Morgan fingerprint density at radius 1 is 1.50 bits per heavy atom. The summed E-state index contributed by atoms with van der Waals surface area (Å²) in [6, 6.07) is 1.55. The van der Waals surface area contributed by atoms with Gasteiger partial charge in [-0.05, 0) is 12.2 Å². The van der Waals surface area contributed by atoms with E-state index in [1.807, 2.05) is 0 Å². The van der Waals surface area contributed by atoms with Gasteiger partial charge in [-0.1, -0.05) is 0 Å². The van der Waals surface area contributed by atoms with E-state index in [2.05, 4.69) is 0 Å². The second kappa shape index (κ2) is 8.30. The van der Waals surface area contributed by atoms with Crippen LogP contribution in [0.1, 0.15) is 0 Å². The Balaban J connectivity index is 0.00000361. The summed E-state index contributed by atoms with van der Waals surface area (Å²) in [5.74, 6) is -0.0730. The van der Waals surface area contributed by atoms with Crippen molar-refractivity contribution in [3.05, 3.63) is 22.1 Å². The molecule has 0 spiro atoms. The van der Waals surface area contributed by atoms with Gasteiger partial charge in [0.15, 0.2) is 9.84 Å². The number of nitriles is 1. The zero-order chi connectivity index (χ0) is 14.7. The van der Waals surface area contributed by atoms with Crippen LogP contribution in [0.4, 0.5) is 0 Å². The Hall–Kier alpha value is 0.616. The van der Waals surface area contributed by atoms with Crippen molar-refractivity contribution in [3.63, 3.8) is 0 Å². The molecule has 0 aromatic carbocycles. The average Bonchev–Trinajstić information content (AvgIpc) is 2.62. The van der Waals surface area contributed by atoms with Crippen molar-refractivity contribution in [3.8, 4) is 6.07 Å². The predicted molar refractivity (Wildman–Crippen MR) is 70.4 cm³/mol. The molecule has 1 fully saturated rings. The Kier molecular flexibility index (Phi) is 8.56. The van der Waals surface area contributed by atoms with Gasteiger partial charge in [-0.25, -0.2) is 16.8 Å². The number of allylic oxidation sites excluding steroid dienone is 3. The summed E-state index contributed by atoms with van der Waals surface area (Å²) < 4.78 is 54.4. The average molecular weight is 362 g/mol. The van der Waals surface area contributed by atoms with Crippen LogP contribution in [-0.4, -0.2) is 50.7 Å². The van der Waals surface area contributed by atoms with E-state index in [1.54, 1.807) is 6.07 Å². The zero-order valence-electron chi connectivity index (χ0n) is 10.9. The summed E-state index contributed by atoms with van der Waals surface area (Å²) >= 11 is 1.29. The number of nitrogens with zero attached hydrogens (tertiary/aromatic N) is 2. The fourth-order valence-corrected chi connectivity index (χ4v) is 3.56. The van der Waals surface area contributed by atoms with E-state index in [9.17, 15) is 21.4 Å². The standard InChI is InChI=1S/C9H12N2O5S3.K/c1-18(12,13)8(6-10)2-3-9-11(4-5-17-9)7-19(14,15)16;/h2-3H,4-5,7H2,1H3,(H,14,15,16);/q;+1/p-1. The van der Waals surface area contributed by atoms with Gasteiger partial charge in [0.25, 0.3) is 0 Å². The van der Waals surface area contributed by atoms with Crippen LogP contribution < -0.4 is 51.4 Å². The maximum Gasteiger partial charge on any atom is 1.00 e. The summed E-state index contributed by atoms with van der Waals surface area (Å²) in [5.41, 5.74) is 0. The van der Waals surface area contributed by atoms with E-state index in [1.165, 1.54) is 22.7 Å². The van der Waals surface area contributed by atoms with Gasteiger partial charge >= 0.3 is 51.4 Å². The van der Waals surface area contributed by atoms with Crippen molar-refractivity contribution in [2.24, 2.45) is 0 Å². The molecule has 0 atom stereocenters. The predicted octanol–water partition coefficient (Wildman–Crippen LogP) is -3.16. The van der Waals surface area contributed by atoms with Gasteiger partial charge in [0.05, 0.1) is 5.03 Å². The van der Waals surface area contributed by atoms with Gasteiger partial charge in [-0.2, -0.15) is 5.26 Å². The van der Waals surface area contributed by atoms with Crippen LogP contribution in [0.2, 0.25) is 0 Å². The van der Waals surface area contributed by atoms with Crippen molar-refractivity contribution in [2.75, 3.05) is 24.4 Å². The topological polar surface area (TPSA) is 118 Å². The fourth-order valence-electron chi connectivity index (χ4n) is 1.33. The smallest absolute Gasteiger partial charge is 0.747 e. The van der Waals surface area contributed by atoms with E-state index in [0.29, 0.717) is 17.3 Å². The van der Waals surface area contributed by atoms with Crippen LogP contribution >= 0.6 is 11.8 Å². The van der Waals surface area contributed by atoms with Crippen LogP contribution in [0, 0.1) is 11.3 Å². The molecule has 0 bridgehead atoms. The van der Waals surface area contributed by atoms with Crippen molar-refractivity contribution in [2.45, 2.75) is 0 Å². The molecule has 0 aromatic heterocycles. The van der Waals surface area contributed by atoms with Crippen LogP contribution in [0.3, 0.4) is 0 Å². The molecule has 11 heteroatoms. The molecule has 0 aliphatic carbocycles. The Morgan fingerprint density at radius 3 is 2.55 bits per heavy atom. The minimum Gasteiger partial charge on any atom is -0.747 e. The molecule has 1 heterocycles. The molecule has 1 saturated heterocycles. The van der Waals surface area contributed by atoms with Crippen molar-refractivity contribution >= 4 is 31.7 Å². The largest absolute Gasteiger partial charge is 1.00 e. The molecule has 1 rings (SSSR count). The van der Waals surface area contributed by atoms with Crippen LogP contribution in [0.15, 0.2) is 22.1 Å². The molecule has 0 aromatic rings. The number of rotatable bonds is 4. The molecular formula is C9H11KN2O5S3. The maximum absolute atomic E-state index is 11.2. The molecule has 0 N–H and O–H groups in total. The normalized spacial score (nSPS) is 18.8. The number of hydrogen-bond acceptors (Lipinski definition) is 8. The van der Waals surface area contributed by atoms with Gasteiger partial charge in [-0.15, -0.1) is 11.8 Å². The van der Waals surface area contributed by atoms with Gasteiger partial charge in [-0.3, -0.25) is 0 Å². The SMILES string of the molecule is CS(=O)(=O)C(C#N)=CC=C1SCCN1CS(=O)(=O)[O-].[K+]. The van der Waals surface area contributed by atoms with Gasteiger partial charge in [0.2, 0.25) is 0 Å². The van der Waals surface area contributed by atoms with Crippen LogP contribution in [0.25, 0.3) is 0 Å². The van der Waals surface area contributed by atoms with E-state index in [0.717, 1.165) is 12.3 Å². The number of thioether (sulfide) groups is 1. The molecular weight excluding hydrogens is 351 g/mol. The van der Waals surface area contributed by atoms with Crippen molar-refractivity contribution in [1.82, 2.24) is 4.90 Å². The third kappa shape index (κ3) is 7.06. The van der Waals surface area contributed by atoms with E-state index in [4.69, 9.17) is 5.26 Å². The first-order valence-electron chi connectivity index (χ1n) is 4.97. The summed E-state index contributed by atoms with van der Waals surface area (Å²) in [4.78, 5) is 0.915. The molecule has 20 heavy (non-hydrogen) atoms. The second-order valence-corrected chi connectivity index (χ2v) is 8.19. The van der Waals surface area contributed by atoms with E-state index < -0.39 is 30.7 Å². The Labute approximate surface area is 165 Å². The quantitative estimate of drug-likeness (QED) is 0.292. The summed E-state index contributed by atoms with van der Waals surface area (Å²) in [7, 11) is -8.01. The summed E-state index contributed by atoms with van der Waals surface area (Å²) in [5, 5.41) is 9.15. The minimum atomic E-state index is -4.40. The molecule has 1 aliphatic heterocycles. The van der Waals surface area contributed by atoms with E-state index in [-0.39, 0.29) is 51.4 Å². The maximum atomic E-state index is 11.2. The monoisotopic (exact) mass is 362 g/mol. The number of sulfone groups is 1. The Morgan fingerprint density at radius 2 is 2.10 bits per heavy atom. The van der Waals surface area contributed by atoms with Gasteiger partial charge in [0, 0.05) is 18.6 Å². The molecule has 106 valence electrons. The summed E-state index contributed by atoms with van der Waals surface area (Å²) in [6.45, 7) is 0.382. The molecule has 1 aliphatic rings. The molecule has 0 unspecified atom stereocenters. The molecule has 7 nitrogen and oxygen atoms in total. The first-order valence-corrected chi connectivity index (χ1v) is 9.42. The van der Waals surface area contributed by atoms with Crippen LogP contribution in [-0.2, 0) is 20.0 Å². The number of hydrogen-bond donors (Lipinski definition) is 0. The minimum absolute atomic E-state index is 0.